The number of Topliss-reactive ketones (excluding diaryl/α,β-unsaturated/α-hetero) is 1. The molecule has 0 bridgehead atoms. The first-order valence-corrected chi connectivity index (χ1v) is 9.36. The summed E-state index contributed by atoms with van der Waals surface area (Å²) in [4.78, 5) is 46.0. The first-order chi connectivity index (χ1) is 10.8. The number of hydrogen-bond donors (Lipinski definition) is 6. The summed E-state index contributed by atoms with van der Waals surface area (Å²) in [5.41, 5.74) is 0. The summed E-state index contributed by atoms with van der Waals surface area (Å²) in [7, 11) is -10.0. The molecule has 0 aliphatic heterocycles. The molecule has 0 fully saturated rings. The van der Waals surface area contributed by atoms with Crippen LogP contribution in [0.4, 0.5) is 0 Å². The van der Waals surface area contributed by atoms with E-state index in [-0.39, 0.29) is 6.61 Å². The molecule has 0 saturated carbocycles. The van der Waals surface area contributed by atoms with E-state index < -0.39 is 59.7 Å². The Balaban J connectivity index is 4.69. The third-order valence-corrected chi connectivity index (χ3v) is 3.15. The Morgan fingerprint density at radius 3 is 1.96 bits per heavy atom. The van der Waals surface area contributed by atoms with Gasteiger partial charge in [0.2, 0.25) is 6.29 Å². The van der Waals surface area contributed by atoms with Crippen molar-refractivity contribution in [3.8, 4) is 0 Å². The van der Waals surface area contributed by atoms with Crippen LogP contribution in [-0.4, -0.2) is 80.5 Å². The van der Waals surface area contributed by atoms with Gasteiger partial charge in [0.05, 0.1) is 26.4 Å². The van der Waals surface area contributed by atoms with Crippen molar-refractivity contribution < 1.29 is 62.2 Å². The van der Waals surface area contributed by atoms with Crippen molar-refractivity contribution in [1.82, 2.24) is 0 Å². The summed E-state index contributed by atoms with van der Waals surface area (Å²) >= 11 is 0. The molecule has 0 heterocycles. The molecule has 3 atom stereocenters. The quantitative estimate of drug-likeness (QED) is 0.145. The van der Waals surface area contributed by atoms with E-state index in [0.717, 1.165) is 6.92 Å². The molecule has 15 heteroatoms. The highest BCUT2D eigenvalue weighted by molar-refractivity contribution is 7.46. The van der Waals surface area contributed by atoms with E-state index in [0.29, 0.717) is 0 Å². The molecule has 6 N–H and O–H groups in total. The number of aliphatic hydroxyl groups excluding tert-OH is 2. The van der Waals surface area contributed by atoms with Gasteiger partial charge in [-0.3, -0.25) is 9.32 Å². The minimum atomic E-state index is -5.05. The lowest BCUT2D eigenvalue weighted by Crippen LogP contribution is -2.33. The molecular formula is C9H20O13P2. The van der Waals surface area contributed by atoms with Crippen LogP contribution in [0.3, 0.4) is 0 Å². The van der Waals surface area contributed by atoms with Crippen molar-refractivity contribution >= 4 is 21.4 Å². The van der Waals surface area contributed by atoms with Crippen molar-refractivity contribution in [3.05, 3.63) is 0 Å². The summed E-state index contributed by atoms with van der Waals surface area (Å²) in [6.45, 7) is -1.34. The van der Waals surface area contributed by atoms with Crippen LogP contribution in [0.2, 0.25) is 0 Å². The molecule has 0 aromatic rings. The maximum atomic E-state index is 11.2. The number of carbonyl (C=O) groups is 1. The normalized spacial score (nSPS) is 16.6. The Morgan fingerprint density at radius 2 is 1.54 bits per heavy atom. The first-order valence-electron chi connectivity index (χ1n) is 6.30. The van der Waals surface area contributed by atoms with Gasteiger partial charge in [0.25, 0.3) is 0 Å². The Labute approximate surface area is 136 Å². The largest absolute Gasteiger partial charge is 0.472 e. The van der Waals surface area contributed by atoms with Gasteiger partial charge in [0, 0.05) is 0 Å². The molecule has 0 saturated heterocycles. The van der Waals surface area contributed by atoms with E-state index in [2.05, 4.69) is 9.05 Å². The van der Waals surface area contributed by atoms with Crippen LogP contribution in [0, 0.1) is 0 Å². The maximum Gasteiger partial charge on any atom is 0.472 e. The zero-order valence-electron chi connectivity index (χ0n) is 12.5. The highest BCUT2D eigenvalue weighted by Crippen LogP contribution is 2.39. The average molecular weight is 398 g/mol. The van der Waals surface area contributed by atoms with E-state index in [1.807, 2.05) is 0 Å². The van der Waals surface area contributed by atoms with Crippen LogP contribution in [0.15, 0.2) is 0 Å². The number of ketones is 1. The van der Waals surface area contributed by atoms with Crippen molar-refractivity contribution in [2.75, 3.05) is 26.4 Å². The molecule has 0 aromatic heterocycles. The maximum absolute atomic E-state index is 11.2. The fraction of sp³-hybridized carbons (Fsp3) is 0.889. The van der Waals surface area contributed by atoms with Crippen molar-refractivity contribution in [2.45, 2.75) is 25.4 Å². The number of rotatable bonds is 13. The van der Waals surface area contributed by atoms with Gasteiger partial charge in [-0.25, -0.2) is 13.7 Å². The van der Waals surface area contributed by atoms with Crippen molar-refractivity contribution in [2.24, 2.45) is 0 Å². The Bertz CT molecular complexity index is 470. The Morgan fingerprint density at radius 1 is 1.00 bits per heavy atom. The molecular weight excluding hydrogens is 378 g/mol. The molecule has 24 heavy (non-hydrogen) atoms. The van der Waals surface area contributed by atoms with E-state index >= 15 is 0 Å². The first kappa shape index (κ1) is 23.7. The van der Waals surface area contributed by atoms with Crippen LogP contribution in [-0.2, 0) is 32.4 Å². The topological polar surface area (TPSA) is 210 Å². The van der Waals surface area contributed by atoms with E-state index in [1.165, 1.54) is 0 Å². The predicted molar refractivity (Wildman–Crippen MR) is 74.4 cm³/mol. The molecule has 3 unspecified atom stereocenters. The van der Waals surface area contributed by atoms with Gasteiger partial charge < -0.3 is 39.3 Å². The van der Waals surface area contributed by atoms with Crippen LogP contribution < -0.4 is 0 Å². The summed E-state index contributed by atoms with van der Waals surface area (Å²) in [5.74, 6) is -0.912. The van der Waals surface area contributed by atoms with Gasteiger partial charge in [-0.2, -0.15) is 0 Å². The highest BCUT2D eigenvalue weighted by atomic mass is 31.2. The number of phosphoric ester groups is 2. The number of aliphatic hydroxyl groups is 2. The predicted octanol–water partition coefficient (Wildman–Crippen LogP) is -2.12. The van der Waals surface area contributed by atoms with E-state index in [1.54, 1.807) is 0 Å². The molecule has 0 radical (unpaired) electrons. The minimum absolute atomic E-state index is 0.382. The van der Waals surface area contributed by atoms with Crippen molar-refractivity contribution in [1.29, 1.82) is 0 Å². The molecule has 0 amide bonds. The lowest BCUT2D eigenvalue weighted by atomic mass is 10.4. The minimum Gasteiger partial charge on any atom is -0.394 e. The monoisotopic (exact) mass is 398 g/mol. The molecule has 0 aromatic carbocycles. The van der Waals surface area contributed by atoms with Crippen molar-refractivity contribution in [3.63, 3.8) is 0 Å². The summed E-state index contributed by atoms with van der Waals surface area (Å²) in [6.07, 6.45) is -4.68. The third kappa shape index (κ3) is 13.1. The second-order valence-corrected chi connectivity index (χ2v) is 6.85. The molecule has 13 nitrogen and oxygen atoms in total. The fourth-order valence-corrected chi connectivity index (χ4v) is 2.20. The Hall–Kier alpha value is -0.270. The third-order valence-electron chi connectivity index (χ3n) is 2.11. The van der Waals surface area contributed by atoms with E-state index in [4.69, 9.17) is 39.3 Å². The lowest BCUT2D eigenvalue weighted by Gasteiger charge is -2.22. The number of phosphoric acid groups is 2. The standard InChI is InChI=1S/C9H20O13P2/c1-6(11)9(22-24(16,17)18)20-5-8(21-23(13,14)15)4-19-3-7(12)2-10/h7-10,12H,2-5H2,1H3,(H2,13,14,15)(H2,16,17,18). The average Bonchev–Trinajstić information content (AvgIpc) is 2.39. The Kier molecular flexibility index (Phi) is 10.5. The van der Waals surface area contributed by atoms with Crippen LogP contribution in [0.1, 0.15) is 6.92 Å². The summed E-state index contributed by atoms with van der Waals surface area (Å²) < 4.78 is 39.6. The SMILES string of the molecule is CC(=O)C(OCC(COCC(O)CO)OP(=O)(O)O)OP(=O)(O)O. The highest BCUT2D eigenvalue weighted by Gasteiger charge is 2.29. The lowest BCUT2D eigenvalue weighted by molar-refractivity contribution is -0.158. The zero-order chi connectivity index (χ0) is 19.0. The van der Waals surface area contributed by atoms with Gasteiger partial charge >= 0.3 is 15.6 Å². The van der Waals surface area contributed by atoms with Gasteiger partial charge in [-0.05, 0) is 6.92 Å². The molecule has 0 spiro atoms. The second-order valence-electron chi connectivity index (χ2n) is 4.46. The molecule has 0 aliphatic carbocycles. The number of carbonyl (C=O) groups excluding carboxylic acids is 1. The molecule has 0 rings (SSSR count). The van der Waals surface area contributed by atoms with Crippen LogP contribution in [0.5, 0.6) is 0 Å². The van der Waals surface area contributed by atoms with E-state index in [9.17, 15) is 13.9 Å². The van der Waals surface area contributed by atoms with Gasteiger partial charge in [-0.1, -0.05) is 0 Å². The summed E-state index contributed by atoms with van der Waals surface area (Å²) in [6, 6.07) is 0. The summed E-state index contributed by atoms with van der Waals surface area (Å²) in [5, 5.41) is 17.7. The fourth-order valence-electron chi connectivity index (χ4n) is 1.23. The smallest absolute Gasteiger partial charge is 0.394 e. The van der Waals surface area contributed by atoms with Crippen LogP contribution >= 0.6 is 15.6 Å². The number of hydrogen-bond acceptors (Lipinski definition) is 9. The van der Waals surface area contributed by atoms with Gasteiger partial charge in [0.15, 0.2) is 5.78 Å². The van der Waals surface area contributed by atoms with Gasteiger partial charge in [-0.15, -0.1) is 0 Å². The molecule has 0 aliphatic rings. The number of ether oxygens (including phenoxy) is 2. The van der Waals surface area contributed by atoms with Gasteiger partial charge in [0.1, 0.15) is 12.2 Å². The molecule has 144 valence electrons. The zero-order valence-corrected chi connectivity index (χ0v) is 14.3. The second kappa shape index (κ2) is 10.7. The van der Waals surface area contributed by atoms with Crippen LogP contribution in [0.25, 0.3) is 0 Å².